The molecule has 1 aromatic carbocycles. The minimum atomic E-state index is -0.668. The van der Waals surface area contributed by atoms with Crippen molar-refractivity contribution in [3.8, 4) is 11.5 Å². The second-order valence-electron chi connectivity index (χ2n) is 6.55. The summed E-state index contributed by atoms with van der Waals surface area (Å²) < 4.78 is 16.1. The molecule has 0 aliphatic rings. The van der Waals surface area contributed by atoms with E-state index in [0.717, 1.165) is 17.8 Å². The fourth-order valence-corrected chi connectivity index (χ4v) is 2.41. The van der Waals surface area contributed by atoms with Crippen LogP contribution in [0.25, 0.3) is 12.2 Å². The number of hydrogen-bond donors (Lipinski definition) is 0. The molecule has 0 bridgehead atoms. The standard InChI is InChI=1S/C21H24N2O6/c1-5-28-21(24)17-11-16(23(25)26)12-22-18(17)8-6-15-7-9-19(27-4)20(10-15)29-13-14(2)3/h6-12,14H,5,13H2,1-4H3/b8-6+. The fraction of sp³-hybridized carbons (Fsp3) is 0.333. The molecule has 0 N–H and O–H groups in total. The molecule has 8 nitrogen and oxygen atoms in total. The summed E-state index contributed by atoms with van der Waals surface area (Å²) in [6, 6.07) is 6.58. The van der Waals surface area contributed by atoms with Crippen molar-refractivity contribution in [3.63, 3.8) is 0 Å². The van der Waals surface area contributed by atoms with Gasteiger partial charge in [0.1, 0.15) is 6.20 Å². The van der Waals surface area contributed by atoms with E-state index in [1.165, 1.54) is 0 Å². The molecule has 154 valence electrons. The quantitative estimate of drug-likeness (QED) is 0.350. The first kappa shape index (κ1) is 21.9. The van der Waals surface area contributed by atoms with Crippen LogP contribution in [-0.4, -0.2) is 36.2 Å². The third-order valence-electron chi connectivity index (χ3n) is 3.80. The average Bonchev–Trinajstić information content (AvgIpc) is 2.70. The number of ether oxygens (including phenoxy) is 3. The van der Waals surface area contributed by atoms with Crippen LogP contribution in [0.4, 0.5) is 5.69 Å². The minimum absolute atomic E-state index is 0.0297. The van der Waals surface area contributed by atoms with Crippen LogP contribution in [0.5, 0.6) is 11.5 Å². The zero-order valence-electron chi connectivity index (χ0n) is 16.9. The van der Waals surface area contributed by atoms with Gasteiger partial charge >= 0.3 is 5.97 Å². The first-order valence-electron chi connectivity index (χ1n) is 9.16. The van der Waals surface area contributed by atoms with E-state index in [1.54, 1.807) is 32.3 Å². The van der Waals surface area contributed by atoms with Crippen molar-refractivity contribution in [2.24, 2.45) is 5.92 Å². The minimum Gasteiger partial charge on any atom is -0.493 e. The van der Waals surface area contributed by atoms with Crippen LogP contribution in [0.2, 0.25) is 0 Å². The van der Waals surface area contributed by atoms with E-state index < -0.39 is 10.9 Å². The van der Waals surface area contributed by atoms with E-state index in [2.05, 4.69) is 4.98 Å². The Labute approximate surface area is 169 Å². The topological polar surface area (TPSA) is 101 Å². The lowest BCUT2D eigenvalue weighted by atomic mass is 10.1. The van der Waals surface area contributed by atoms with Gasteiger partial charge in [0.05, 0.1) is 36.5 Å². The maximum Gasteiger partial charge on any atom is 0.340 e. The number of carbonyl (C=O) groups excluding carboxylic acids is 1. The Morgan fingerprint density at radius 1 is 1.24 bits per heavy atom. The Bertz CT molecular complexity index is 908. The number of rotatable bonds is 9. The molecule has 0 aliphatic heterocycles. The van der Waals surface area contributed by atoms with Crippen LogP contribution in [0, 0.1) is 16.0 Å². The molecular weight excluding hydrogens is 376 g/mol. The van der Waals surface area contributed by atoms with Crippen LogP contribution in [0.1, 0.15) is 42.4 Å². The predicted octanol–water partition coefficient (Wildman–Crippen LogP) is 4.38. The molecule has 0 saturated heterocycles. The highest BCUT2D eigenvalue weighted by Crippen LogP contribution is 2.29. The van der Waals surface area contributed by atoms with Crippen LogP contribution in [0.3, 0.4) is 0 Å². The Morgan fingerprint density at radius 2 is 2.00 bits per heavy atom. The number of esters is 1. The van der Waals surface area contributed by atoms with Gasteiger partial charge in [0, 0.05) is 6.07 Å². The third kappa shape index (κ3) is 6.03. The summed E-state index contributed by atoms with van der Waals surface area (Å²) in [6.07, 6.45) is 4.44. The molecule has 0 amide bonds. The van der Waals surface area contributed by atoms with Crippen molar-refractivity contribution in [3.05, 3.63) is 57.4 Å². The molecule has 1 aromatic heterocycles. The van der Waals surface area contributed by atoms with Gasteiger partial charge in [-0.3, -0.25) is 10.1 Å². The molecular formula is C21H24N2O6. The van der Waals surface area contributed by atoms with Gasteiger partial charge in [-0.15, -0.1) is 0 Å². The summed E-state index contributed by atoms with van der Waals surface area (Å²) in [4.78, 5) is 26.6. The lowest BCUT2D eigenvalue weighted by molar-refractivity contribution is -0.385. The largest absolute Gasteiger partial charge is 0.493 e. The van der Waals surface area contributed by atoms with Gasteiger partial charge in [-0.2, -0.15) is 0 Å². The van der Waals surface area contributed by atoms with E-state index in [0.29, 0.717) is 24.0 Å². The number of nitrogens with zero attached hydrogens (tertiary/aromatic N) is 2. The third-order valence-corrected chi connectivity index (χ3v) is 3.80. The normalized spacial score (nSPS) is 10.9. The molecule has 0 atom stereocenters. The first-order valence-corrected chi connectivity index (χ1v) is 9.16. The smallest absolute Gasteiger partial charge is 0.340 e. The zero-order chi connectivity index (χ0) is 21.4. The Morgan fingerprint density at radius 3 is 2.62 bits per heavy atom. The van der Waals surface area contributed by atoms with Crippen molar-refractivity contribution in [1.82, 2.24) is 4.98 Å². The highest BCUT2D eigenvalue weighted by molar-refractivity contribution is 5.94. The second-order valence-corrected chi connectivity index (χ2v) is 6.55. The van der Waals surface area contributed by atoms with Crippen molar-refractivity contribution in [2.45, 2.75) is 20.8 Å². The van der Waals surface area contributed by atoms with Gasteiger partial charge in [-0.25, -0.2) is 9.78 Å². The summed E-state index contributed by atoms with van der Waals surface area (Å²) in [5.41, 5.74) is 0.815. The van der Waals surface area contributed by atoms with Crippen LogP contribution in [0.15, 0.2) is 30.5 Å². The van der Waals surface area contributed by atoms with Crippen molar-refractivity contribution in [1.29, 1.82) is 0 Å². The maximum absolute atomic E-state index is 12.2. The van der Waals surface area contributed by atoms with Crippen molar-refractivity contribution >= 4 is 23.8 Å². The number of hydrogen-bond acceptors (Lipinski definition) is 7. The van der Waals surface area contributed by atoms with Crippen molar-refractivity contribution in [2.75, 3.05) is 20.3 Å². The molecule has 0 fully saturated rings. The predicted molar refractivity (Wildman–Crippen MR) is 109 cm³/mol. The van der Waals surface area contributed by atoms with E-state index >= 15 is 0 Å². The molecule has 0 saturated carbocycles. The Hall–Kier alpha value is -3.42. The fourth-order valence-electron chi connectivity index (χ4n) is 2.41. The highest BCUT2D eigenvalue weighted by Gasteiger charge is 2.18. The lowest BCUT2D eigenvalue weighted by Crippen LogP contribution is -2.08. The van der Waals surface area contributed by atoms with E-state index in [4.69, 9.17) is 14.2 Å². The van der Waals surface area contributed by atoms with Crippen molar-refractivity contribution < 1.29 is 23.9 Å². The summed E-state index contributed by atoms with van der Waals surface area (Å²) >= 11 is 0. The van der Waals surface area contributed by atoms with Crippen LogP contribution >= 0.6 is 0 Å². The summed E-state index contributed by atoms with van der Waals surface area (Å²) in [7, 11) is 1.57. The zero-order valence-corrected chi connectivity index (χ0v) is 16.9. The Balaban J connectivity index is 2.36. The number of nitro groups is 1. The number of aromatic nitrogens is 1. The van der Waals surface area contributed by atoms with E-state index in [9.17, 15) is 14.9 Å². The Kier molecular flexibility index (Phi) is 7.70. The highest BCUT2D eigenvalue weighted by atomic mass is 16.6. The van der Waals surface area contributed by atoms with Gasteiger partial charge in [0.2, 0.25) is 0 Å². The lowest BCUT2D eigenvalue weighted by Gasteiger charge is -2.13. The monoisotopic (exact) mass is 400 g/mol. The first-order chi connectivity index (χ1) is 13.8. The SMILES string of the molecule is CCOC(=O)c1cc([N+](=O)[O-])cnc1/C=C/c1ccc(OC)c(OCC(C)C)c1. The molecule has 0 unspecified atom stereocenters. The summed E-state index contributed by atoms with van der Waals surface area (Å²) in [6.45, 7) is 6.45. The molecule has 1 heterocycles. The molecule has 0 spiro atoms. The molecule has 0 radical (unpaired) electrons. The van der Waals surface area contributed by atoms with Gasteiger partial charge in [0.25, 0.3) is 5.69 Å². The number of methoxy groups -OCH3 is 1. The summed E-state index contributed by atoms with van der Waals surface area (Å²) in [5.74, 6) is 0.906. The molecule has 29 heavy (non-hydrogen) atoms. The summed E-state index contributed by atoms with van der Waals surface area (Å²) in [5, 5.41) is 11.0. The average molecular weight is 400 g/mol. The van der Waals surface area contributed by atoms with Gasteiger partial charge < -0.3 is 14.2 Å². The molecule has 0 aliphatic carbocycles. The van der Waals surface area contributed by atoms with Gasteiger partial charge in [-0.1, -0.05) is 26.0 Å². The van der Waals surface area contributed by atoms with E-state index in [-0.39, 0.29) is 23.6 Å². The molecule has 2 rings (SSSR count). The number of benzene rings is 1. The second kappa shape index (κ2) is 10.2. The number of carbonyl (C=O) groups is 1. The molecule has 2 aromatic rings. The van der Waals surface area contributed by atoms with E-state index in [1.807, 2.05) is 26.0 Å². The molecule has 8 heteroatoms. The number of pyridine rings is 1. The van der Waals surface area contributed by atoms with Gasteiger partial charge in [-0.05, 0) is 36.6 Å². The van der Waals surface area contributed by atoms with Crippen LogP contribution < -0.4 is 9.47 Å². The van der Waals surface area contributed by atoms with Gasteiger partial charge in [0.15, 0.2) is 11.5 Å². The maximum atomic E-state index is 12.2. The van der Waals surface area contributed by atoms with Crippen LogP contribution in [-0.2, 0) is 4.74 Å².